The molecule has 2 aromatic rings. The second-order valence-electron chi connectivity index (χ2n) is 5.68. The molecule has 1 atom stereocenters. The SMILES string of the molecule is CSc1ccccc1NC(=O)C1CCCCN1C(=O)c1ccco1. The van der Waals surface area contributed by atoms with Crippen LogP contribution < -0.4 is 5.32 Å². The van der Waals surface area contributed by atoms with E-state index in [1.54, 1.807) is 28.8 Å². The number of rotatable bonds is 4. The van der Waals surface area contributed by atoms with Crippen LogP contribution in [0.15, 0.2) is 52.0 Å². The molecular formula is C18H20N2O3S. The topological polar surface area (TPSA) is 62.6 Å². The lowest BCUT2D eigenvalue weighted by Gasteiger charge is -2.34. The van der Waals surface area contributed by atoms with E-state index >= 15 is 0 Å². The molecule has 1 aromatic carbocycles. The molecule has 0 spiro atoms. The van der Waals surface area contributed by atoms with Crippen molar-refractivity contribution >= 4 is 29.3 Å². The summed E-state index contributed by atoms with van der Waals surface area (Å²) in [7, 11) is 0. The van der Waals surface area contributed by atoms with Gasteiger partial charge in [0.15, 0.2) is 5.76 Å². The summed E-state index contributed by atoms with van der Waals surface area (Å²) in [5.41, 5.74) is 0.783. The number of hydrogen-bond donors (Lipinski definition) is 1. The van der Waals surface area contributed by atoms with Crippen molar-refractivity contribution in [2.45, 2.75) is 30.2 Å². The first-order chi connectivity index (χ1) is 11.7. The zero-order valence-electron chi connectivity index (χ0n) is 13.5. The first-order valence-corrected chi connectivity index (χ1v) is 9.21. The number of piperidine rings is 1. The third-order valence-electron chi connectivity index (χ3n) is 4.16. The van der Waals surface area contributed by atoms with E-state index in [-0.39, 0.29) is 17.6 Å². The molecule has 3 rings (SSSR count). The number of anilines is 1. The highest BCUT2D eigenvalue weighted by molar-refractivity contribution is 7.98. The zero-order valence-corrected chi connectivity index (χ0v) is 14.3. The van der Waals surface area contributed by atoms with Crippen molar-refractivity contribution in [2.24, 2.45) is 0 Å². The van der Waals surface area contributed by atoms with Crippen molar-refractivity contribution in [1.29, 1.82) is 0 Å². The van der Waals surface area contributed by atoms with Crippen LogP contribution in [0.4, 0.5) is 5.69 Å². The summed E-state index contributed by atoms with van der Waals surface area (Å²) in [5, 5.41) is 2.98. The Balaban J connectivity index is 1.77. The molecule has 6 heteroatoms. The molecular weight excluding hydrogens is 324 g/mol. The number of hydrogen-bond acceptors (Lipinski definition) is 4. The van der Waals surface area contributed by atoms with Gasteiger partial charge in [-0.15, -0.1) is 11.8 Å². The number of benzene rings is 1. The van der Waals surface area contributed by atoms with Crippen LogP contribution in [0.5, 0.6) is 0 Å². The quantitative estimate of drug-likeness (QED) is 0.860. The third kappa shape index (κ3) is 3.48. The number of para-hydroxylation sites is 1. The number of nitrogens with zero attached hydrogens (tertiary/aromatic N) is 1. The van der Waals surface area contributed by atoms with Crippen molar-refractivity contribution in [3.8, 4) is 0 Å². The standard InChI is InChI=1S/C18H20N2O3S/c1-24-16-10-3-2-7-13(16)19-17(21)14-8-4-5-11-20(14)18(22)15-9-6-12-23-15/h2-3,6-7,9-10,12,14H,4-5,8,11H2,1H3,(H,19,21). The molecule has 1 aromatic heterocycles. The molecule has 2 heterocycles. The summed E-state index contributed by atoms with van der Waals surface area (Å²) in [4.78, 5) is 28.0. The number of furan rings is 1. The van der Waals surface area contributed by atoms with Crippen molar-refractivity contribution in [3.63, 3.8) is 0 Å². The van der Waals surface area contributed by atoms with Gasteiger partial charge in [-0.2, -0.15) is 0 Å². The van der Waals surface area contributed by atoms with Crippen molar-refractivity contribution in [3.05, 3.63) is 48.4 Å². The second kappa shape index (κ2) is 7.57. The third-order valence-corrected chi connectivity index (χ3v) is 4.96. The Morgan fingerprint density at radius 2 is 2.04 bits per heavy atom. The largest absolute Gasteiger partial charge is 0.459 e. The fraction of sp³-hybridized carbons (Fsp3) is 0.333. The van der Waals surface area contributed by atoms with Crippen LogP contribution in [0.25, 0.3) is 0 Å². The lowest BCUT2D eigenvalue weighted by atomic mass is 10.0. The van der Waals surface area contributed by atoms with Crippen LogP contribution in [0, 0.1) is 0 Å². The highest BCUT2D eigenvalue weighted by Gasteiger charge is 2.33. The minimum atomic E-state index is -0.466. The Morgan fingerprint density at radius 1 is 1.21 bits per heavy atom. The summed E-state index contributed by atoms with van der Waals surface area (Å²) >= 11 is 1.58. The molecule has 1 aliphatic heterocycles. The van der Waals surface area contributed by atoms with Gasteiger partial charge in [-0.05, 0) is 49.8 Å². The van der Waals surface area contributed by atoms with E-state index in [1.807, 2.05) is 30.5 Å². The average molecular weight is 344 g/mol. The molecule has 1 fully saturated rings. The van der Waals surface area contributed by atoms with Crippen molar-refractivity contribution in [1.82, 2.24) is 4.90 Å². The summed E-state index contributed by atoms with van der Waals surface area (Å²) in [5.74, 6) is -0.0895. The molecule has 24 heavy (non-hydrogen) atoms. The molecule has 126 valence electrons. The van der Waals surface area contributed by atoms with Crippen LogP contribution in [0.2, 0.25) is 0 Å². The van der Waals surface area contributed by atoms with Gasteiger partial charge in [0.2, 0.25) is 5.91 Å². The normalized spacial score (nSPS) is 17.5. The first-order valence-electron chi connectivity index (χ1n) is 7.99. The van der Waals surface area contributed by atoms with E-state index in [9.17, 15) is 9.59 Å². The predicted octanol–water partition coefficient (Wildman–Crippen LogP) is 3.63. The number of carbonyl (C=O) groups excluding carboxylic acids is 2. The lowest BCUT2D eigenvalue weighted by Crippen LogP contribution is -2.50. The molecule has 0 saturated carbocycles. The zero-order chi connectivity index (χ0) is 16.9. The summed E-state index contributed by atoms with van der Waals surface area (Å²) < 4.78 is 5.21. The summed E-state index contributed by atoms with van der Waals surface area (Å²) in [6.07, 6.45) is 5.95. The predicted molar refractivity (Wildman–Crippen MR) is 94.2 cm³/mol. The molecule has 1 aliphatic rings. The Hall–Kier alpha value is -2.21. The maximum Gasteiger partial charge on any atom is 0.290 e. The Labute approximate surface area is 145 Å². The molecule has 1 unspecified atom stereocenters. The highest BCUT2D eigenvalue weighted by Crippen LogP contribution is 2.26. The van der Waals surface area contributed by atoms with E-state index < -0.39 is 6.04 Å². The van der Waals surface area contributed by atoms with Crippen molar-refractivity contribution < 1.29 is 14.0 Å². The lowest BCUT2D eigenvalue weighted by molar-refractivity contribution is -0.121. The van der Waals surface area contributed by atoms with E-state index in [0.29, 0.717) is 13.0 Å². The van der Waals surface area contributed by atoms with Crippen molar-refractivity contribution in [2.75, 3.05) is 18.1 Å². The number of carbonyl (C=O) groups is 2. The van der Waals surface area contributed by atoms with Gasteiger partial charge < -0.3 is 14.6 Å². The molecule has 1 saturated heterocycles. The van der Waals surface area contributed by atoms with Crippen LogP contribution in [0.1, 0.15) is 29.8 Å². The van der Waals surface area contributed by atoms with Gasteiger partial charge in [-0.1, -0.05) is 12.1 Å². The van der Waals surface area contributed by atoms with Gasteiger partial charge in [0.1, 0.15) is 6.04 Å². The van der Waals surface area contributed by atoms with Gasteiger partial charge in [0, 0.05) is 11.4 Å². The summed E-state index contributed by atoms with van der Waals surface area (Å²) in [6, 6.07) is 10.5. The Morgan fingerprint density at radius 3 is 2.79 bits per heavy atom. The Kier molecular flexibility index (Phi) is 5.25. The second-order valence-corrected chi connectivity index (χ2v) is 6.53. The number of likely N-dealkylation sites (tertiary alicyclic amines) is 1. The fourth-order valence-corrected chi connectivity index (χ4v) is 3.51. The minimum absolute atomic E-state index is 0.142. The number of nitrogens with one attached hydrogen (secondary N) is 1. The van der Waals surface area contributed by atoms with E-state index in [1.165, 1.54) is 6.26 Å². The van der Waals surface area contributed by atoms with Crippen LogP contribution >= 0.6 is 11.8 Å². The van der Waals surface area contributed by atoms with E-state index in [4.69, 9.17) is 4.42 Å². The van der Waals surface area contributed by atoms with Gasteiger partial charge in [0.25, 0.3) is 5.91 Å². The fourth-order valence-electron chi connectivity index (χ4n) is 2.95. The first kappa shape index (κ1) is 16.6. The maximum atomic E-state index is 12.8. The molecule has 5 nitrogen and oxygen atoms in total. The van der Waals surface area contributed by atoms with Gasteiger partial charge in [0.05, 0.1) is 12.0 Å². The maximum absolute atomic E-state index is 12.8. The van der Waals surface area contributed by atoms with Gasteiger partial charge in [-0.3, -0.25) is 9.59 Å². The van der Waals surface area contributed by atoms with Crippen LogP contribution in [0.3, 0.4) is 0 Å². The van der Waals surface area contributed by atoms with E-state index in [2.05, 4.69) is 5.32 Å². The molecule has 2 amide bonds. The number of amides is 2. The smallest absolute Gasteiger partial charge is 0.290 e. The summed E-state index contributed by atoms with van der Waals surface area (Å²) in [6.45, 7) is 0.571. The van der Waals surface area contributed by atoms with Gasteiger partial charge in [-0.25, -0.2) is 0 Å². The molecule has 0 radical (unpaired) electrons. The van der Waals surface area contributed by atoms with Crippen LogP contribution in [-0.4, -0.2) is 35.6 Å². The monoisotopic (exact) mass is 344 g/mol. The minimum Gasteiger partial charge on any atom is -0.459 e. The molecule has 0 bridgehead atoms. The highest BCUT2D eigenvalue weighted by atomic mass is 32.2. The molecule has 1 N–H and O–H groups in total. The van der Waals surface area contributed by atoms with Gasteiger partial charge >= 0.3 is 0 Å². The molecule has 0 aliphatic carbocycles. The Bertz CT molecular complexity index is 715. The average Bonchev–Trinajstić information content (AvgIpc) is 3.16. The van der Waals surface area contributed by atoms with E-state index in [0.717, 1.165) is 23.4 Å². The van der Waals surface area contributed by atoms with Crippen LogP contribution in [-0.2, 0) is 4.79 Å². The number of thioether (sulfide) groups is 1.